The molecule has 1 fully saturated rings. The van der Waals surface area contributed by atoms with Crippen molar-refractivity contribution in [3.8, 4) is 6.07 Å². The van der Waals surface area contributed by atoms with E-state index in [2.05, 4.69) is 21.7 Å². The molecule has 2 atom stereocenters. The molecule has 2 aromatic heterocycles. The molecule has 36 heavy (non-hydrogen) atoms. The number of benzene rings is 1. The summed E-state index contributed by atoms with van der Waals surface area (Å²) in [7, 11) is -0.879. The number of sulfonamides is 1. The van der Waals surface area contributed by atoms with Gasteiger partial charge in [-0.1, -0.05) is 12.8 Å². The number of carbonyl (C=O) groups is 1. The number of nitrogens with one attached hydrogen (secondary N) is 3. The minimum absolute atomic E-state index is 0.00888. The third-order valence-corrected chi connectivity index (χ3v) is 8.36. The number of nitriles is 1. The molecule has 1 aliphatic carbocycles. The van der Waals surface area contributed by atoms with E-state index in [1.807, 2.05) is 0 Å². The summed E-state index contributed by atoms with van der Waals surface area (Å²) in [5.41, 5.74) is 1.19. The van der Waals surface area contributed by atoms with Crippen LogP contribution in [0.3, 0.4) is 0 Å². The molecule has 3 N–H and O–H groups in total. The zero-order chi connectivity index (χ0) is 26.0. The van der Waals surface area contributed by atoms with Gasteiger partial charge < -0.3 is 15.6 Å². The third-order valence-electron chi connectivity index (χ3n) is 6.45. The third kappa shape index (κ3) is 4.84. The van der Waals surface area contributed by atoms with Crippen LogP contribution in [0, 0.1) is 17.2 Å². The predicted molar refractivity (Wildman–Crippen MR) is 135 cm³/mol. The van der Waals surface area contributed by atoms with Crippen LogP contribution in [0.25, 0.3) is 10.9 Å². The summed E-state index contributed by atoms with van der Waals surface area (Å²) in [4.78, 5) is 27.1. The number of amides is 1. The minimum atomic E-state index is -3.76. The van der Waals surface area contributed by atoms with Gasteiger partial charge in [0.15, 0.2) is 5.82 Å². The molecule has 2 heterocycles. The number of anilines is 2. The Bertz CT molecular complexity index is 1500. The lowest BCUT2D eigenvalue weighted by molar-refractivity contribution is -0.119. The van der Waals surface area contributed by atoms with Gasteiger partial charge >= 0.3 is 0 Å². The summed E-state index contributed by atoms with van der Waals surface area (Å²) in [6, 6.07) is 8.69. The van der Waals surface area contributed by atoms with Gasteiger partial charge in [0.2, 0.25) is 15.9 Å². The van der Waals surface area contributed by atoms with Gasteiger partial charge in [0, 0.05) is 39.4 Å². The summed E-state index contributed by atoms with van der Waals surface area (Å²) >= 11 is 0. The second-order valence-corrected chi connectivity index (χ2v) is 11.2. The Morgan fingerprint density at radius 1 is 1.28 bits per heavy atom. The van der Waals surface area contributed by atoms with Crippen molar-refractivity contribution in [2.45, 2.75) is 50.1 Å². The molecular formula is C24H29N7O4S. The Kier molecular flexibility index (Phi) is 7.14. The van der Waals surface area contributed by atoms with Gasteiger partial charge in [-0.05, 0) is 42.7 Å². The highest BCUT2D eigenvalue weighted by Crippen LogP contribution is 2.36. The van der Waals surface area contributed by atoms with Crippen LogP contribution >= 0.6 is 0 Å². The van der Waals surface area contributed by atoms with Crippen molar-refractivity contribution >= 4 is 38.3 Å². The van der Waals surface area contributed by atoms with Gasteiger partial charge in [-0.3, -0.25) is 14.3 Å². The van der Waals surface area contributed by atoms with Crippen molar-refractivity contribution < 1.29 is 13.2 Å². The van der Waals surface area contributed by atoms with E-state index in [-0.39, 0.29) is 34.9 Å². The molecule has 11 nitrogen and oxygen atoms in total. The van der Waals surface area contributed by atoms with E-state index in [4.69, 9.17) is 5.10 Å². The first kappa shape index (κ1) is 25.4. The molecule has 1 amide bonds. The largest absolute Gasteiger partial charge is 0.352 e. The average molecular weight is 512 g/mol. The van der Waals surface area contributed by atoms with Gasteiger partial charge in [-0.15, -0.1) is 0 Å². The fraction of sp³-hybridized carbons (Fsp3) is 0.417. The highest BCUT2D eigenvalue weighted by molar-refractivity contribution is 7.89. The molecule has 3 aromatic rings. The lowest BCUT2D eigenvalue weighted by Gasteiger charge is -2.27. The standard InChI is InChI=1S/C24H29N7O4S/c1-15(32)27-14-17-12-18(8-9-21(17)36(34,35)30(2)3)28-23-22-20(10-11-26-24(22)33)31(29-23)19-7-5-4-6-16(19)13-25/h8-12,16,19H,4-7,14H2,1-3H3,(H,26,33)(H,27,32)(H,28,29). The highest BCUT2D eigenvalue weighted by Gasteiger charge is 2.30. The smallest absolute Gasteiger partial charge is 0.261 e. The zero-order valence-electron chi connectivity index (χ0n) is 20.4. The van der Waals surface area contributed by atoms with Crippen molar-refractivity contribution in [2.24, 2.45) is 5.92 Å². The lowest BCUT2D eigenvalue weighted by atomic mass is 9.85. The molecular weight excluding hydrogens is 482 g/mol. The molecule has 190 valence electrons. The van der Waals surface area contributed by atoms with Crippen LogP contribution in [0.4, 0.5) is 11.5 Å². The summed E-state index contributed by atoms with van der Waals surface area (Å²) in [6.45, 7) is 1.36. The number of pyridine rings is 1. The maximum Gasteiger partial charge on any atom is 0.261 e. The van der Waals surface area contributed by atoms with Crippen molar-refractivity contribution in [3.63, 3.8) is 0 Å². The van der Waals surface area contributed by atoms with E-state index in [9.17, 15) is 23.3 Å². The number of aromatic nitrogens is 3. The molecule has 0 saturated heterocycles. The summed E-state index contributed by atoms with van der Waals surface area (Å²) in [6.07, 6.45) is 5.09. The lowest BCUT2D eigenvalue weighted by Crippen LogP contribution is -2.26. The summed E-state index contributed by atoms with van der Waals surface area (Å²) in [5.74, 6) is -0.186. The molecule has 1 saturated carbocycles. The maximum absolute atomic E-state index is 12.8. The Balaban J connectivity index is 1.79. The molecule has 0 radical (unpaired) electrons. The van der Waals surface area contributed by atoms with Crippen LogP contribution in [0.2, 0.25) is 0 Å². The van der Waals surface area contributed by atoms with E-state index in [1.165, 1.54) is 27.1 Å². The topological polar surface area (TPSA) is 153 Å². The first-order valence-electron chi connectivity index (χ1n) is 11.7. The molecule has 4 rings (SSSR count). The van der Waals surface area contributed by atoms with E-state index in [0.717, 1.165) is 30.0 Å². The van der Waals surface area contributed by atoms with Gasteiger partial charge in [0.1, 0.15) is 5.39 Å². The van der Waals surface area contributed by atoms with Crippen molar-refractivity contribution in [3.05, 3.63) is 46.4 Å². The van der Waals surface area contributed by atoms with Crippen LogP contribution in [0.5, 0.6) is 0 Å². The quantitative estimate of drug-likeness (QED) is 0.441. The normalized spacial score (nSPS) is 18.2. The maximum atomic E-state index is 12.8. The Hall–Kier alpha value is -3.69. The monoisotopic (exact) mass is 511 g/mol. The van der Waals surface area contributed by atoms with Crippen LogP contribution in [0.15, 0.2) is 40.2 Å². The van der Waals surface area contributed by atoms with Gasteiger partial charge in [0.05, 0.1) is 28.4 Å². The molecule has 0 aliphatic heterocycles. The molecule has 1 aromatic carbocycles. The number of rotatable bonds is 7. The van der Waals surface area contributed by atoms with E-state index >= 15 is 0 Å². The number of hydrogen-bond acceptors (Lipinski definition) is 7. The van der Waals surface area contributed by atoms with Crippen molar-refractivity contribution in [2.75, 3.05) is 19.4 Å². The van der Waals surface area contributed by atoms with Crippen LogP contribution in [0.1, 0.15) is 44.2 Å². The first-order valence-corrected chi connectivity index (χ1v) is 13.1. The fourth-order valence-corrected chi connectivity index (χ4v) is 5.69. The number of aromatic amines is 1. The minimum Gasteiger partial charge on any atom is -0.352 e. The second kappa shape index (κ2) is 10.1. The Morgan fingerprint density at radius 3 is 2.72 bits per heavy atom. The fourth-order valence-electron chi connectivity index (χ4n) is 4.59. The van der Waals surface area contributed by atoms with Gasteiger partial charge in [-0.2, -0.15) is 10.4 Å². The molecule has 0 spiro atoms. The number of hydrogen-bond donors (Lipinski definition) is 3. The SMILES string of the molecule is CC(=O)NCc1cc(Nc2nn(C3CCCCC3C#N)c3cc[nH]c(=O)c23)ccc1S(=O)(=O)N(C)C. The van der Waals surface area contributed by atoms with Crippen LogP contribution < -0.4 is 16.2 Å². The Morgan fingerprint density at radius 2 is 2.03 bits per heavy atom. The van der Waals surface area contributed by atoms with Crippen LogP contribution in [-0.4, -0.2) is 47.5 Å². The summed E-state index contributed by atoms with van der Waals surface area (Å²) < 4.78 is 28.5. The van der Waals surface area contributed by atoms with Gasteiger partial charge in [-0.25, -0.2) is 12.7 Å². The Labute approximate surface area is 209 Å². The zero-order valence-corrected chi connectivity index (χ0v) is 21.2. The van der Waals surface area contributed by atoms with E-state index in [1.54, 1.807) is 29.1 Å². The molecule has 1 aliphatic rings. The first-order chi connectivity index (χ1) is 17.1. The number of nitrogens with zero attached hydrogens (tertiary/aromatic N) is 4. The molecule has 2 unspecified atom stereocenters. The molecule has 12 heteroatoms. The second-order valence-electron chi connectivity index (χ2n) is 9.09. The number of H-pyrrole nitrogens is 1. The highest BCUT2D eigenvalue weighted by atomic mass is 32.2. The number of fused-ring (bicyclic) bond motifs is 1. The van der Waals surface area contributed by atoms with E-state index in [0.29, 0.717) is 28.0 Å². The van der Waals surface area contributed by atoms with Gasteiger partial charge in [0.25, 0.3) is 5.56 Å². The average Bonchev–Trinajstić information content (AvgIpc) is 3.21. The molecule has 0 bridgehead atoms. The number of carbonyl (C=O) groups excluding carboxylic acids is 1. The van der Waals surface area contributed by atoms with Crippen molar-refractivity contribution in [1.29, 1.82) is 5.26 Å². The summed E-state index contributed by atoms with van der Waals surface area (Å²) in [5, 5.41) is 20.6. The van der Waals surface area contributed by atoms with Crippen molar-refractivity contribution in [1.82, 2.24) is 24.4 Å². The van der Waals surface area contributed by atoms with E-state index < -0.39 is 10.0 Å². The van der Waals surface area contributed by atoms with Crippen LogP contribution in [-0.2, 0) is 21.4 Å². The predicted octanol–water partition coefficient (Wildman–Crippen LogP) is 2.61.